The summed E-state index contributed by atoms with van der Waals surface area (Å²) in [6.07, 6.45) is 16.6. The Morgan fingerprint density at radius 1 is 0.262 bits per heavy atom. The van der Waals surface area contributed by atoms with Crippen LogP contribution >= 0.6 is 0 Å². The molecule has 6 nitrogen and oxygen atoms in total. The summed E-state index contributed by atoms with van der Waals surface area (Å²) in [5.74, 6) is 4.94. The van der Waals surface area contributed by atoms with Gasteiger partial charge >= 0.3 is 17.1 Å². The molecule has 10 rings (SSSR count). The maximum Gasteiger partial charge on any atom is 2.00 e. The van der Waals surface area contributed by atoms with Crippen LogP contribution < -0.4 is 0 Å². The van der Waals surface area contributed by atoms with E-state index in [4.69, 9.17) is 0 Å². The molecule has 4 aromatic carbocycles. The standard InChI is InChI=1S/2C29H24N3.Fe/c2*1-3-11-23(12-4-1)28-19-27(20-29(28)24-13-5-2-6-14-24)32(21-25-15-7-9-17-30-25)22-26-16-8-10-18-31-26;/h2*1-20H,21-22H2;/q;;+2. The van der Waals surface area contributed by atoms with Gasteiger partial charge in [-0.25, -0.2) is 0 Å². The van der Waals surface area contributed by atoms with Crippen LogP contribution in [0.1, 0.15) is 45.0 Å². The van der Waals surface area contributed by atoms with Crippen LogP contribution in [-0.2, 0) is 43.2 Å². The molecule has 2 fully saturated rings. The van der Waals surface area contributed by atoms with Crippen molar-refractivity contribution >= 4 is 0 Å². The fourth-order valence-corrected chi connectivity index (χ4v) is 8.00. The van der Waals surface area contributed by atoms with Crippen LogP contribution in [0.3, 0.4) is 0 Å². The largest absolute Gasteiger partial charge is 2.00 e. The van der Waals surface area contributed by atoms with E-state index in [2.05, 4.69) is 201 Å². The average Bonchev–Trinajstić information content (AvgIpc) is 4.03. The Hall–Kier alpha value is -6.08. The van der Waals surface area contributed by atoms with Crippen LogP contribution in [0.15, 0.2) is 219 Å². The molecule has 0 atom stereocenters. The number of hydrogen-bond donors (Lipinski definition) is 0. The van der Waals surface area contributed by atoms with E-state index in [1.54, 1.807) is 0 Å². The zero-order valence-corrected chi connectivity index (χ0v) is 37.1. The summed E-state index contributed by atoms with van der Waals surface area (Å²) in [4.78, 5) is 23.0. The first kappa shape index (κ1) is 45.5. The number of hydrogen-bond acceptors (Lipinski definition) is 6. The van der Waals surface area contributed by atoms with Crippen LogP contribution in [0.25, 0.3) is 0 Å². The Bertz CT molecular complexity index is 2180. The van der Waals surface area contributed by atoms with E-state index >= 15 is 0 Å². The van der Waals surface area contributed by atoms with Gasteiger partial charge in [-0.15, -0.1) is 0 Å². The fraction of sp³-hybridized carbons (Fsp3) is 0.0690. The first-order valence-corrected chi connectivity index (χ1v) is 21.7. The normalized spacial score (nSPS) is 15.2. The maximum atomic E-state index is 4.57. The number of benzene rings is 4. The van der Waals surface area contributed by atoms with Crippen molar-refractivity contribution in [1.29, 1.82) is 0 Å². The minimum Gasteiger partial charge on any atom is -0.283 e. The molecule has 0 aliphatic heterocycles. The first-order valence-electron chi connectivity index (χ1n) is 21.7. The van der Waals surface area contributed by atoms with Crippen molar-refractivity contribution in [3.05, 3.63) is 325 Å². The van der Waals surface area contributed by atoms with E-state index in [9.17, 15) is 0 Å². The first-order chi connectivity index (χ1) is 31.7. The fourth-order valence-electron chi connectivity index (χ4n) is 8.00. The van der Waals surface area contributed by atoms with Crippen LogP contribution in [0.4, 0.5) is 0 Å². The van der Waals surface area contributed by atoms with Gasteiger partial charge in [0.2, 0.25) is 0 Å². The van der Waals surface area contributed by atoms with Gasteiger partial charge in [0.25, 0.3) is 0 Å². The molecular formula is C58H48FeN6+2. The molecule has 2 saturated carbocycles. The topological polar surface area (TPSA) is 58.0 Å². The van der Waals surface area contributed by atoms with Crippen molar-refractivity contribution in [2.45, 2.75) is 26.2 Å². The zero-order valence-electron chi connectivity index (χ0n) is 36.0. The second kappa shape index (κ2) is 23.2. The predicted molar refractivity (Wildman–Crippen MR) is 254 cm³/mol. The van der Waals surface area contributed by atoms with E-state index in [-0.39, 0.29) is 17.1 Å². The van der Waals surface area contributed by atoms with E-state index in [0.717, 1.165) is 22.8 Å². The van der Waals surface area contributed by atoms with Gasteiger partial charge in [0.1, 0.15) is 0 Å². The third-order valence-electron chi connectivity index (χ3n) is 11.1. The van der Waals surface area contributed by atoms with Gasteiger partial charge < -0.3 is 0 Å². The zero-order chi connectivity index (χ0) is 43.2. The van der Waals surface area contributed by atoms with Crippen LogP contribution in [0.5, 0.6) is 0 Å². The smallest absolute Gasteiger partial charge is 0.283 e. The molecule has 2 aliphatic carbocycles. The summed E-state index contributed by atoms with van der Waals surface area (Å²) >= 11 is 0. The SMILES string of the molecule is [CH]1[C](c2ccccc2)[C](c2ccccc2)[CH][C]1N(Cc1ccccn1)Cc1ccccn1.[CH]1[C](c2ccccc2)[C](c2ccccc2)[CH][C]1N(Cc1ccccn1)Cc1ccccn1.[Fe+2]. The third kappa shape index (κ3) is 12.2. The maximum absolute atomic E-state index is 4.57. The van der Waals surface area contributed by atoms with Crippen molar-refractivity contribution in [2.24, 2.45) is 0 Å². The average molecular weight is 885 g/mol. The number of rotatable bonds is 14. The van der Waals surface area contributed by atoms with Crippen LogP contribution in [0, 0.1) is 61.4 Å². The second-order valence-electron chi connectivity index (χ2n) is 15.5. The molecule has 10 radical (unpaired) electrons. The van der Waals surface area contributed by atoms with Crippen molar-refractivity contribution < 1.29 is 17.1 Å². The Morgan fingerprint density at radius 2 is 0.477 bits per heavy atom. The van der Waals surface area contributed by atoms with Gasteiger partial charge in [0.05, 0.1) is 22.8 Å². The summed E-state index contributed by atoms with van der Waals surface area (Å²) in [7, 11) is 0. The van der Waals surface area contributed by atoms with E-state index < -0.39 is 0 Å². The van der Waals surface area contributed by atoms with Crippen molar-refractivity contribution in [2.75, 3.05) is 0 Å². The van der Waals surface area contributed by atoms with Gasteiger partial charge in [-0.05, 0) is 96.5 Å². The molecule has 8 aromatic rings. The summed E-state index contributed by atoms with van der Waals surface area (Å²) < 4.78 is 0. The van der Waals surface area contributed by atoms with Gasteiger partial charge in [-0.2, -0.15) is 0 Å². The van der Waals surface area contributed by atoms with Gasteiger partial charge in [0.15, 0.2) is 0 Å². The van der Waals surface area contributed by atoms with E-state index in [1.807, 2.05) is 73.3 Å². The molecule has 316 valence electrons. The summed E-state index contributed by atoms with van der Waals surface area (Å²) in [5.41, 5.74) is 9.00. The summed E-state index contributed by atoms with van der Waals surface area (Å²) in [6.45, 7) is 2.85. The molecular weight excluding hydrogens is 837 g/mol. The molecule has 7 heteroatoms. The Morgan fingerprint density at radius 3 is 0.677 bits per heavy atom. The van der Waals surface area contributed by atoms with Crippen LogP contribution in [0.2, 0.25) is 0 Å². The molecule has 0 N–H and O–H groups in total. The van der Waals surface area contributed by atoms with E-state index in [0.29, 0.717) is 26.2 Å². The minimum atomic E-state index is 0. The monoisotopic (exact) mass is 884 g/mol. The van der Waals surface area contributed by atoms with Crippen LogP contribution in [-0.4, -0.2) is 29.7 Å². The second-order valence-corrected chi connectivity index (χ2v) is 15.5. The molecule has 0 unspecified atom stereocenters. The van der Waals surface area contributed by atoms with Gasteiger partial charge in [-0.3, -0.25) is 29.7 Å². The summed E-state index contributed by atoms with van der Waals surface area (Å²) in [5, 5.41) is 0. The molecule has 4 heterocycles. The Balaban J connectivity index is 0.000000175. The van der Waals surface area contributed by atoms with E-state index in [1.165, 1.54) is 58.0 Å². The quantitative estimate of drug-likeness (QED) is 0.101. The van der Waals surface area contributed by atoms with Gasteiger partial charge in [0, 0.05) is 86.7 Å². The summed E-state index contributed by atoms with van der Waals surface area (Å²) in [6, 6.07) is 69.0. The minimum absolute atomic E-state index is 0. The van der Waals surface area contributed by atoms with Crippen molar-refractivity contribution in [3.8, 4) is 0 Å². The molecule has 4 aromatic heterocycles. The number of pyridine rings is 4. The molecule has 0 amide bonds. The predicted octanol–water partition coefficient (Wildman–Crippen LogP) is 11.4. The van der Waals surface area contributed by atoms with Crippen molar-refractivity contribution in [1.82, 2.24) is 29.7 Å². The molecule has 0 saturated heterocycles. The molecule has 0 bridgehead atoms. The third-order valence-corrected chi connectivity index (χ3v) is 11.1. The molecule has 2 aliphatic rings. The van der Waals surface area contributed by atoms with Gasteiger partial charge in [-0.1, -0.05) is 146 Å². The Labute approximate surface area is 396 Å². The molecule has 0 spiro atoms. The molecule has 65 heavy (non-hydrogen) atoms. The Kier molecular flexibility index (Phi) is 16.2. The number of aromatic nitrogens is 4. The number of nitrogens with zero attached hydrogens (tertiary/aromatic N) is 6. The van der Waals surface area contributed by atoms with Crippen molar-refractivity contribution in [3.63, 3.8) is 0 Å².